The summed E-state index contributed by atoms with van der Waals surface area (Å²) in [5.74, 6) is 0.0307. The van der Waals surface area contributed by atoms with E-state index in [0.29, 0.717) is 30.5 Å². The van der Waals surface area contributed by atoms with Crippen LogP contribution in [0.1, 0.15) is 49.8 Å². The van der Waals surface area contributed by atoms with E-state index in [2.05, 4.69) is 39.0 Å². The Balaban J connectivity index is 1.53. The van der Waals surface area contributed by atoms with Crippen molar-refractivity contribution in [2.45, 2.75) is 46.1 Å². The molecule has 8 nitrogen and oxygen atoms in total. The standard InChI is InChI=1S/C32H39N5O3/c1-4-17-37-30-28(27(25-14-10-7-11-15-25)26(23(3)33-30)31(38)40-5-2)29(34-32(37)39)36-21-19-35(20-22-36)18-16-24-12-8-6-9-13-24/h6-15,26-27H,4-5,16-22H2,1-3H3. The van der Waals surface area contributed by atoms with Gasteiger partial charge in [-0.15, -0.1) is 0 Å². The molecule has 0 spiro atoms. The maximum Gasteiger partial charge on any atom is 0.351 e. The molecule has 210 valence electrons. The number of benzene rings is 2. The highest BCUT2D eigenvalue weighted by atomic mass is 16.5. The lowest BCUT2D eigenvalue weighted by molar-refractivity contribution is -0.146. The number of aliphatic imine (C=N–C) groups is 1. The van der Waals surface area contributed by atoms with Crippen LogP contribution in [-0.2, 0) is 22.5 Å². The van der Waals surface area contributed by atoms with E-state index in [0.717, 1.165) is 56.7 Å². The second kappa shape index (κ2) is 12.6. The van der Waals surface area contributed by atoms with Crippen molar-refractivity contribution in [3.8, 4) is 0 Å². The quantitative estimate of drug-likeness (QED) is 0.373. The average Bonchev–Trinajstić information content (AvgIpc) is 2.98. The predicted octanol–water partition coefficient (Wildman–Crippen LogP) is 4.44. The Kier molecular flexibility index (Phi) is 8.75. The highest BCUT2D eigenvalue weighted by molar-refractivity contribution is 6.05. The number of nitrogens with zero attached hydrogens (tertiary/aromatic N) is 5. The smallest absolute Gasteiger partial charge is 0.351 e. The molecule has 0 radical (unpaired) electrons. The lowest BCUT2D eigenvalue weighted by Crippen LogP contribution is -2.48. The molecule has 2 aliphatic rings. The number of esters is 1. The van der Waals surface area contributed by atoms with Crippen LogP contribution in [0.2, 0.25) is 0 Å². The largest absolute Gasteiger partial charge is 0.465 e. The summed E-state index contributed by atoms with van der Waals surface area (Å²) in [4.78, 5) is 41.1. The first kappa shape index (κ1) is 27.8. The number of hydrogen-bond donors (Lipinski definition) is 0. The molecule has 2 atom stereocenters. The molecule has 2 aliphatic heterocycles. The van der Waals surface area contributed by atoms with Crippen LogP contribution in [-0.4, -0.2) is 65.5 Å². The first-order valence-corrected chi connectivity index (χ1v) is 14.4. The minimum atomic E-state index is -0.588. The molecule has 0 amide bonds. The Morgan fingerprint density at radius 3 is 2.27 bits per heavy atom. The molecular weight excluding hydrogens is 502 g/mol. The van der Waals surface area contributed by atoms with Crippen LogP contribution in [0.15, 0.2) is 70.5 Å². The molecule has 1 fully saturated rings. The van der Waals surface area contributed by atoms with Gasteiger partial charge in [0.1, 0.15) is 17.6 Å². The molecule has 2 unspecified atom stereocenters. The van der Waals surface area contributed by atoms with E-state index < -0.39 is 5.92 Å². The van der Waals surface area contributed by atoms with Crippen molar-refractivity contribution in [1.29, 1.82) is 0 Å². The van der Waals surface area contributed by atoms with E-state index in [1.807, 2.05) is 57.2 Å². The number of anilines is 1. The van der Waals surface area contributed by atoms with Gasteiger partial charge in [0.05, 0.1) is 6.61 Å². The van der Waals surface area contributed by atoms with Gasteiger partial charge in [-0.2, -0.15) is 4.98 Å². The summed E-state index contributed by atoms with van der Waals surface area (Å²) in [6, 6.07) is 20.6. The number of ether oxygens (including phenoxy) is 1. The molecule has 0 N–H and O–H groups in total. The lowest BCUT2D eigenvalue weighted by Gasteiger charge is -2.39. The van der Waals surface area contributed by atoms with Crippen molar-refractivity contribution in [1.82, 2.24) is 14.5 Å². The SMILES string of the molecule is CCCn1c2c(c(N3CCN(CCc4ccccc4)CC3)nc1=O)C(c1ccccc1)C(C(=O)OCC)C(C)=N2. The Morgan fingerprint density at radius 2 is 1.62 bits per heavy atom. The molecule has 2 aromatic carbocycles. The van der Waals surface area contributed by atoms with Crippen LogP contribution in [0.4, 0.5) is 11.6 Å². The summed E-state index contributed by atoms with van der Waals surface area (Å²) in [7, 11) is 0. The van der Waals surface area contributed by atoms with Gasteiger partial charge in [0, 0.05) is 56.5 Å². The first-order valence-electron chi connectivity index (χ1n) is 14.4. The Hall–Kier alpha value is -3.78. The van der Waals surface area contributed by atoms with Crippen LogP contribution in [0.3, 0.4) is 0 Å². The zero-order valence-electron chi connectivity index (χ0n) is 23.8. The molecule has 0 aliphatic carbocycles. The van der Waals surface area contributed by atoms with Gasteiger partial charge in [0.15, 0.2) is 0 Å². The third-order valence-electron chi connectivity index (χ3n) is 7.92. The van der Waals surface area contributed by atoms with Crippen molar-refractivity contribution < 1.29 is 9.53 Å². The topological polar surface area (TPSA) is 80.0 Å². The summed E-state index contributed by atoms with van der Waals surface area (Å²) in [5.41, 5.74) is 3.54. The van der Waals surface area contributed by atoms with Crippen molar-refractivity contribution in [3.05, 3.63) is 87.8 Å². The van der Waals surface area contributed by atoms with Crippen LogP contribution in [0, 0.1) is 5.92 Å². The number of piperazine rings is 1. The highest BCUT2D eigenvalue weighted by Gasteiger charge is 2.42. The average molecular weight is 542 g/mol. The second-order valence-electron chi connectivity index (χ2n) is 10.5. The fourth-order valence-electron chi connectivity index (χ4n) is 5.93. The van der Waals surface area contributed by atoms with Gasteiger partial charge in [-0.3, -0.25) is 14.3 Å². The third-order valence-corrected chi connectivity index (χ3v) is 7.92. The zero-order valence-corrected chi connectivity index (χ0v) is 23.8. The van der Waals surface area contributed by atoms with Crippen LogP contribution in [0.25, 0.3) is 0 Å². The Bertz CT molecular complexity index is 1400. The number of hydrogen-bond acceptors (Lipinski definition) is 7. The van der Waals surface area contributed by atoms with Gasteiger partial charge in [-0.25, -0.2) is 9.79 Å². The minimum Gasteiger partial charge on any atom is -0.465 e. The maximum absolute atomic E-state index is 13.4. The molecule has 0 saturated carbocycles. The number of rotatable bonds is 9. The summed E-state index contributed by atoms with van der Waals surface area (Å²) in [6.45, 7) is 10.8. The van der Waals surface area contributed by atoms with Gasteiger partial charge in [0.25, 0.3) is 0 Å². The van der Waals surface area contributed by atoms with Crippen LogP contribution < -0.4 is 10.6 Å². The van der Waals surface area contributed by atoms with Gasteiger partial charge < -0.3 is 9.64 Å². The van der Waals surface area contributed by atoms with Crippen LogP contribution in [0.5, 0.6) is 0 Å². The zero-order chi connectivity index (χ0) is 28.1. The van der Waals surface area contributed by atoms with Gasteiger partial charge in [-0.05, 0) is 37.8 Å². The number of aromatic nitrogens is 2. The summed E-state index contributed by atoms with van der Waals surface area (Å²) >= 11 is 0. The second-order valence-corrected chi connectivity index (χ2v) is 10.5. The van der Waals surface area contributed by atoms with Crippen molar-refractivity contribution in [3.63, 3.8) is 0 Å². The third kappa shape index (κ3) is 5.72. The number of carbonyl (C=O) groups excluding carboxylic acids is 1. The van der Waals surface area contributed by atoms with Crippen molar-refractivity contribution in [2.75, 3.05) is 44.2 Å². The fourth-order valence-corrected chi connectivity index (χ4v) is 5.93. The summed E-state index contributed by atoms with van der Waals surface area (Å²) < 4.78 is 7.23. The molecule has 3 heterocycles. The number of carbonyl (C=O) groups is 1. The van der Waals surface area contributed by atoms with Gasteiger partial charge in [0.2, 0.25) is 0 Å². The molecular formula is C32H39N5O3. The predicted molar refractivity (Wildman–Crippen MR) is 159 cm³/mol. The molecule has 8 heteroatoms. The van der Waals surface area contributed by atoms with Gasteiger partial charge in [-0.1, -0.05) is 67.6 Å². The molecule has 1 aromatic heterocycles. The first-order chi connectivity index (χ1) is 19.5. The molecule has 3 aromatic rings. The van der Waals surface area contributed by atoms with E-state index in [1.54, 1.807) is 4.57 Å². The molecule has 40 heavy (non-hydrogen) atoms. The van der Waals surface area contributed by atoms with Gasteiger partial charge >= 0.3 is 11.7 Å². The van der Waals surface area contributed by atoms with E-state index in [1.165, 1.54) is 5.56 Å². The molecule has 5 rings (SSSR count). The summed E-state index contributed by atoms with van der Waals surface area (Å²) in [6.07, 6.45) is 1.78. The van der Waals surface area contributed by atoms with Crippen molar-refractivity contribution >= 4 is 23.3 Å². The maximum atomic E-state index is 13.4. The normalized spacial score (nSPS) is 19.2. The van der Waals surface area contributed by atoms with Crippen molar-refractivity contribution in [2.24, 2.45) is 10.9 Å². The lowest BCUT2D eigenvalue weighted by atomic mass is 9.76. The number of fused-ring (bicyclic) bond motifs is 1. The van der Waals surface area contributed by atoms with E-state index in [4.69, 9.17) is 9.73 Å². The van der Waals surface area contributed by atoms with E-state index in [-0.39, 0.29) is 17.6 Å². The Labute approximate surface area is 236 Å². The minimum absolute atomic E-state index is 0.292. The Morgan fingerprint density at radius 1 is 0.950 bits per heavy atom. The fraction of sp³-hybridized carbons (Fsp3) is 0.438. The monoisotopic (exact) mass is 541 g/mol. The van der Waals surface area contributed by atoms with Crippen LogP contribution >= 0.6 is 0 Å². The van der Waals surface area contributed by atoms with E-state index in [9.17, 15) is 9.59 Å². The summed E-state index contributed by atoms with van der Waals surface area (Å²) in [5, 5.41) is 0. The highest BCUT2D eigenvalue weighted by Crippen LogP contribution is 2.46. The van der Waals surface area contributed by atoms with E-state index >= 15 is 0 Å². The molecule has 1 saturated heterocycles. The molecule has 0 bridgehead atoms.